The predicted octanol–water partition coefficient (Wildman–Crippen LogP) is 3.40. The molecule has 0 saturated carbocycles. The number of benzene rings is 1. The molecule has 0 radical (unpaired) electrons. The van der Waals surface area contributed by atoms with Crippen molar-refractivity contribution in [3.8, 4) is 11.6 Å². The van der Waals surface area contributed by atoms with E-state index in [1.807, 2.05) is 6.92 Å². The second kappa shape index (κ2) is 9.73. The summed E-state index contributed by atoms with van der Waals surface area (Å²) < 4.78 is 36.7. The summed E-state index contributed by atoms with van der Waals surface area (Å²) in [6.07, 6.45) is 2.34. The number of aryl methyl sites for hydroxylation is 1. The monoisotopic (exact) mass is 467 g/mol. The number of thioether (sulfide) groups is 1. The fourth-order valence-electron chi connectivity index (χ4n) is 3.24. The van der Waals surface area contributed by atoms with E-state index in [1.54, 1.807) is 26.0 Å². The Bertz CT molecular complexity index is 1110. The zero-order valence-electron chi connectivity index (χ0n) is 17.9. The van der Waals surface area contributed by atoms with Crippen LogP contribution in [0, 0.1) is 6.92 Å². The molecule has 0 atom stereocenters. The van der Waals surface area contributed by atoms with E-state index in [4.69, 9.17) is 13.8 Å². The molecule has 1 aromatic heterocycles. The summed E-state index contributed by atoms with van der Waals surface area (Å²) in [6, 6.07) is 3.59. The largest absolute Gasteiger partial charge is 0.492 e. The van der Waals surface area contributed by atoms with Crippen LogP contribution in [0.5, 0.6) is 11.6 Å². The van der Waals surface area contributed by atoms with Gasteiger partial charge in [0.05, 0.1) is 24.3 Å². The summed E-state index contributed by atoms with van der Waals surface area (Å²) in [6.45, 7) is 6.28. The highest BCUT2D eigenvalue weighted by Crippen LogP contribution is 2.37. The lowest BCUT2D eigenvalue weighted by molar-refractivity contribution is 0.108. The minimum atomic E-state index is -3.82. The molecule has 1 aliphatic heterocycles. The molecule has 0 aliphatic carbocycles. The highest BCUT2D eigenvalue weighted by atomic mass is 32.2. The van der Waals surface area contributed by atoms with Crippen LogP contribution in [-0.4, -0.2) is 48.5 Å². The number of ether oxygens (including phenoxy) is 1. The minimum absolute atomic E-state index is 0.0611. The van der Waals surface area contributed by atoms with Crippen LogP contribution in [0.2, 0.25) is 0 Å². The first-order chi connectivity index (χ1) is 14.8. The first kappa shape index (κ1) is 23.1. The van der Waals surface area contributed by atoms with E-state index in [-0.39, 0.29) is 22.3 Å². The predicted molar refractivity (Wildman–Crippen MR) is 118 cm³/mol. The third kappa shape index (κ3) is 5.04. The Hall–Kier alpha value is -2.53. The van der Waals surface area contributed by atoms with Crippen LogP contribution in [0.25, 0.3) is 0 Å². The maximum atomic E-state index is 13.1. The van der Waals surface area contributed by atoms with Crippen LogP contribution < -0.4 is 8.92 Å². The van der Waals surface area contributed by atoms with Gasteiger partial charge >= 0.3 is 10.1 Å². The fourth-order valence-corrected chi connectivity index (χ4v) is 5.08. The van der Waals surface area contributed by atoms with E-state index in [0.717, 1.165) is 28.6 Å². The second-order valence-corrected chi connectivity index (χ2v) is 9.50. The molecule has 0 unspecified atom stereocenters. The average Bonchev–Trinajstić information content (AvgIpc) is 3.12. The Morgan fingerprint density at radius 3 is 2.81 bits per heavy atom. The molecule has 0 fully saturated rings. The van der Waals surface area contributed by atoms with Crippen molar-refractivity contribution in [2.24, 2.45) is 5.16 Å². The molecule has 0 amide bonds. The molecule has 0 N–H and O–H groups in total. The minimum Gasteiger partial charge on any atom is -0.492 e. The second-order valence-electron chi connectivity index (χ2n) is 6.79. The highest BCUT2D eigenvalue weighted by Gasteiger charge is 2.27. The molecule has 31 heavy (non-hydrogen) atoms. The summed E-state index contributed by atoms with van der Waals surface area (Å²) in [4.78, 5) is 18.7. The smallest absolute Gasteiger partial charge is 0.310 e. The van der Waals surface area contributed by atoms with Gasteiger partial charge < -0.3 is 13.8 Å². The summed E-state index contributed by atoms with van der Waals surface area (Å²) >= 11 is 0.975. The van der Waals surface area contributed by atoms with Crippen LogP contribution >= 0.6 is 11.8 Å². The standard InChI is InChI=1S/C20H25N3O6S2/c1-5-11-31(25,26)29-19-14(12-21-23(19)6-2)20(24)30-17-8-7-16-18(13(17)3)15(22-27-4)9-10-28-16/h7-8,12H,5-6,9-11H2,1-4H3. The van der Waals surface area contributed by atoms with Gasteiger partial charge in [-0.15, -0.1) is 0 Å². The topological polar surface area (TPSA) is 109 Å². The van der Waals surface area contributed by atoms with Gasteiger partial charge in [0.25, 0.3) is 0 Å². The number of carbonyl (C=O) groups is 1. The third-order valence-corrected chi connectivity index (χ3v) is 7.02. The van der Waals surface area contributed by atoms with Crippen LogP contribution in [0.3, 0.4) is 0 Å². The first-order valence-electron chi connectivity index (χ1n) is 9.88. The average molecular weight is 468 g/mol. The lowest BCUT2D eigenvalue weighted by Crippen LogP contribution is -2.18. The van der Waals surface area contributed by atoms with E-state index in [1.165, 1.54) is 18.0 Å². The van der Waals surface area contributed by atoms with Crippen LogP contribution in [0.4, 0.5) is 0 Å². The van der Waals surface area contributed by atoms with Gasteiger partial charge in [-0.25, -0.2) is 4.68 Å². The van der Waals surface area contributed by atoms with E-state index in [0.29, 0.717) is 36.6 Å². The molecule has 3 rings (SSSR count). The summed E-state index contributed by atoms with van der Waals surface area (Å²) in [7, 11) is -2.33. The molecule has 0 bridgehead atoms. The Kier molecular flexibility index (Phi) is 7.26. The fraction of sp³-hybridized carbons (Fsp3) is 0.450. The highest BCUT2D eigenvalue weighted by molar-refractivity contribution is 8.14. The SMILES string of the molecule is CCCS(=O)(=O)Oc1c(C(=O)Sc2ccc3c(c2C)C(=NOC)CCO3)cnn1CC. The molecular weight excluding hydrogens is 442 g/mol. The number of rotatable bonds is 8. The van der Waals surface area contributed by atoms with Crippen molar-refractivity contribution < 1.29 is 27.0 Å². The van der Waals surface area contributed by atoms with E-state index in [9.17, 15) is 13.2 Å². The molecule has 11 heteroatoms. The van der Waals surface area contributed by atoms with Gasteiger partial charge in [0, 0.05) is 23.4 Å². The molecular formula is C20H25N3O6S2. The zero-order chi connectivity index (χ0) is 22.6. The third-order valence-electron chi connectivity index (χ3n) is 4.64. The number of hydrogen-bond acceptors (Lipinski definition) is 9. The van der Waals surface area contributed by atoms with Crippen molar-refractivity contribution in [1.29, 1.82) is 0 Å². The lowest BCUT2D eigenvalue weighted by atomic mass is 9.99. The maximum absolute atomic E-state index is 13.1. The van der Waals surface area contributed by atoms with Gasteiger partial charge in [-0.2, -0.15) is 13.5 Å². The number of aromatic nitrogens is 2. The Balaban J connectivity index is 1.94. The molecule has 0 spiro atoms. The van der Waals surface area contributed by atoms with Crippen molar-refractivity contribution in [2.75, 3.05) is 19.5 Å². The number of hydrogen-bond donors (Lipinski definition) is 0. The summed E-state index contributed by atoms with van der Waals surface area (Å²) in [5.41, 5.74) is 2.49. The maximum Gasteiger partial charge on any atom is 0.310 e. The molecule has 2 heterocycles. The van der Waals surface area contributed by atoms with Crippen LogP contribution in [0.1, 0.15) is 48.2 Å². The van der Waals surface area contributed by atoms with Crippen molar-refractivity contribution in [1.82, 2.24) is 9.78 Å². The number of oxime groups is 1. The Morgan fingerprint density at radius 2 is 2.13 bits per heavy atom. The molecule has 0 saturated heterocycles. The molecule has 9 nitrogen and oxygen atoms in total. The quantitative estimate of drug-likeness (QED) is 0.330. The first-order valence-corrected chi connectivity index (χ1v) is 12.3. The van der Waals surface area contributed by atoms with Crippen LogP contribution in [0.15, 0.2) is 28.4 Å². The Labute approximate surface area is 185 Å². The van der Waals surface area contributed by atoms with Crippen molar-refractivity contribution in [3.63, 3.8) is 0 Å². The normalized spacial score (nSPS) is 14.8. The summed E-state index contributed by atoms with van der Waals surface area (Å²) in [5.74, 6) is 0.479. The van der Waals surface area contributed by atoms with Gasteiger partial charge in [-0.3, -0.25) is 4.79 Å². The van der Waals surface area contributed by atoms with Crippen molar-refractivity contribution in [3.05, 3.63) is 35.0 Å². The van der Waals surface area contributed by atoms with E-state index < -0.39 is 10.1 Å². The van der Waals surface area contributed by atoms with E-state index >= 15 is 0 Å². The number of nitrogens with zero attached hydrogens (tertiary/aromatic N) is 3. The Morgan fingerprint density at radius 1 is 1.35 bits per heavy atom. The van der Waals surface area contributed by atoms with Gasteiger partial charge in [0.15, 0.2) is 0 Å². The molecule has 1 aliphatic rings. The molecule has 1 aromatic carbocycles. The van der Waals surface area contributed by atoms with Crippen molar-refractivity contribution in [2.45, 2.75) is 45.1 Å². The lowest BCUT2D eigenvalue weighted by Gasteiger charge is -2.21. The van der Waals surface area contributed by atoms with Crippen LogP contribution in [-0.2, 0) is 21.5 Å². The number of carbonyl (C=O) groups excluding carboxylic acids is 1. The summed E-state index contributed by atoms with van der Waals surface area (Å²) in [5, 5.41) is 7.83. The molecule has 168 valence electrons. The van der Waals surface area contributed by atoms with Gasteiger partial charge in [0.2, 0.25) is 11.0 Å². The van der Waals surface area contributed by atoms with Crippen molar-refractivity contribution >= 4 is 32.7 Å². The molecule has 2 aromatic rings. The van der Waals surface area contributed by atoms with Gasteiger partial charge in [-0.1, -0.05) is 12.1 Å². The zero-order valence-corrected chi connectivity index (χ0v) is 19.5. The van der Waals surface area contributed by atoms with E-state index in [2.05, 4.69) is 10.3 Å². The van der Waals surface area contributed by atoms with Gasteiger partial charge in [-0.05, 0) is 49.7 Å². The van der Waals surface area contributed by atoms with Gasteiger partial charge in [0.1, 0.15) is 18.4 Å². The number of fused-ring (bicyclic) bond motifs is 1.